The largest absolute Gasteiger partial charge is 0.276 e. The van der Waals surface area contributed by atoms with Gasteiger partial charge in [-0.25, -0.2) is 4.40 Å². The number of benzene rings is 2. The van der Waals surface area contributed by atoms with Crippen molar-refractivity contribution in [2.45, 2.75) is 33.1 Å². The van der Waals surface area contributed by atoms with Crippen LogP contribution in [0.25, 0.3) is 22.4 Å². The number of nitrogens with zero attached hydrogens (tertiary/aromatic N) is 3. The smallest absolute Gasteiger partial charge is 0.267 e. The molecule has 2 aromatic carbocycles. The molecule has 4 rings (SSSR count). The van der Waals surface area contributed by atoms with Gasteiger partial charge in [-0.3, -0.25) is 4.79 Å². The average molecular weight is 375 g/mol. The highest BCUT2D eigenvalue weighted by Crippen LogP contribution is 2.22. The van der Waals surface area contributed by atoms with Gasteiger partial charge in [0.2, 0.25) is 4.96 Å². The van der Waals surface area contributed by atoms with Crippen LogP contribution in [0.2, 0.25) is 0 Å². The first-order valence-electron chi connectivity index (χ1n) is 8.90. The number of aromatic nitrogens is 3. The topological polar surface area (TPSA) is 47.3 Å². The van der Waals surface area contributed by atoms with Crippen LogP contribution < -0.4 is 10.1 Å². The standard InChI is InChI=1S/C22H21N3OS/c1-14-6-5-7-16(12-14)19-23-24-21-25(19)20(26)18(27-21)13-15-8-10-17(11-9-15)22(2,3)4/h5-13H,1-4H3/b18-13-. The zero-order chi connectivity index (χ0) is 19.2. The molecule has 2 aromatic heterocycles. The molecule has 0 unspecified atom stereocenters. The summed E-state index contributed by atoms with van der Waals surface area (Å²) in [6.07, 6.45) is 1.92. The van der Waals surface area contributed by atoms with Crippen LogP contribution >= 0.6 is 11.3 Å². The summed E-state index contributed by atoms with van der Waals surface area (Å²) in [4.78, 5) is 13.6. The minimum Gasteiger partial charge on any atom is -0.267 e. The lowest BCUT2D eigenvalue weighted by molar-refractivity contribution is 0.590. The number of hydrogen-bond donors (Lipinski definition) is 0. The summed E-state index contributed by atoms with van der Waals surface area (Å²) in [5.41, 5.74) is 4.34. The molecule has 0 fully saturated rings. The van der Waals surface area contributed by atoms with Crippen molar-refractivity contribution in [1.29, 1.82) is 0 Å². The first kappa shape index (κ1) is 17.6. The minimum atomic E-state index is -0.0728. The molecule has 4 nitrogen and oxygen atoms in total. The highest BCUT2D eigenvalue weighted by molar-refractivity contribution is 7.15. The Hall–Kier alpha value is -2.79. The van der Waals surface area contributed by atoms with E-state index in [1.54, 1.807) is 4.40 Å². The normalized spacial score (nSPS) is 12.8. The number of rotatable bonds is 2. The molecule has 0 radical (unpaired) electrons. The summed E-state index contributed by atoms with van der Waals surface area (Å²) in [5, 5.41) is 8.43. The van der Waals surface area contributed by atoms with Crippen molar-refractivity contribution in [3.63, 3.8) is 0 Å². The molecule has 136 valence electrons. The molecule has 0 bridgehead atoms. The van der Waals surface area contributed by atoms with Crippen molar-refractivity contribution in [3.05, 3.63) is 80.1 Å². The van der Waals surface area contributed by atoms with Gasteiger partial charge in [0.05, 0.1) is 4.53 Å². The number of hydrogen-bond acceptors (Lipinski definition) is 4. The maximum atomic E-state index is 13.0. The van der Waals surface area contributed by atoms with Gasteiger partial charge in [-0.1, -0.05) is 80.1 Å². The number of aryl methyl sites for hydroxylation is 1. The van der Waals surface area contributed by atoms with Crippen LogP contribution in [0.15, 0.2) is 53.3 Å². The van der Waals surface area contributed by atoms with Gasteiger partial charge in [-0.15, -0.1) is 10.2 Å². The molecule has 0 amide bonds. The van der Waals surface area contributed by atoms with E-state index >= 15 is 0 Å². The van der Waals surface area contributed by atoms with Gasteiger partial charge in [0.25, 0.3) is 5.56 Å². The zero-order valence-electron chi connectivity index (χ0n) is 15.9. The van der Waals surface area contributed by atoms with Crippen LogP contribution in [0.4, 0.5) is 0 Å². The first-order valence-corrected chi connectivity index (χ1v) is 9.72. The second kappa shape index (κ2) is 6.43. The summed E-state index contributed by atoms with van der Waals surface area (Å²) in [6, 6.07) is 16.3. The summed E-state index contributed by atoms with van der Waals surface area (Å²) in [5.74, 6) is 0.595. The molecule has 2 heterocycles. The molecule has 0 atom stereocenters. The minimum absolute atomic E-state index is 0.0728. The molecule has 0 aliphatic carbocycles. The van der Waals surface area contributed by atoms with E-state index in [9.17, 15) is 4.79 Å². The number of thiazole rings is 1. The summed E-state index contributed by atoms with van der Waals surface area (Å²) < 4.78 is 2.27. The Morgan fingerprint density at radius 2 is 1.78 bits per heavy atom. The van der Waals surface area contributed by atoms with Gasteiger partial charge in [-0.05, 0) is 35.6 Å². The van der Waals surface area contributed by atoms with Crippen molar-refractivity contribution in [1.82, 2.24) is 14.6 Å². The lowest BCUT2D eigenvalue weighted by Crippen LogP contribution is -2.23. The SMILES string of the molecule is Cc1cccc(-c2nnc3s/c(=C\c4ccc(C(C)(C)C)cc4)c(=O)n23)c1. The van der Waals surface area contributed by atoms with E-state index in [0.29, 0.717) is 15.3 Å². The monoisotopic (exact) mass is 375 g/mol. The maximum Gasteiger partial charge on any atom is 0.276 e. The van der Waals surface area contributed by atoms with E-state index in [4.69, 9.17) is 0 Å². The van der Waals surface area contributed by atoms with Crippen molar-refractivity contribution >= 4 is 22.4 Å². The predicted molar refractivity (Wildman–Crippen MR) is 111 cm³/mol. The molecule has 0 aliphatic heterocycles. The molecule has 0 spiro atoms. The Morgan fingerprint density at radius 3 is 2.44 bits per heavy atom. The second-order valence-corrected chi connectivity index (χ2v) is 8.81. The summed E-state index contributed by atoms with van der Waals surface area (Å²) in [7, 11) is 0. The molecule has 0 aliphatic rings. The van der Waals surface area contributed by atoms with Crippen molar-refractivity contribution in [2.75, 3.05) is 0 Å². The molecule has 27 heavy (non-hydrogen) atoms. The van der Waals surface area contributed by atoms with Gasteiger partial charge in [0.15, 0.2) is 5.82 Å². The molecule has 0 saturated heterocycles. The lowest BCUT2D eigenvalue weighted by Gasteiger charge is -2.18. The molecular weight excluding hydrogens is 354 g/mol. The third-order valence-electron chi connectivity index (χ3n) is 4.60. The fraction of sp³-hybridized carbons (Fsp3) is 0.227. The maximum absolute atomic E-state index is 13.0. The van der Waals surface area contributed by atoms with Gasteiger partial charge in [0.1, 0.15) is 0 Å². The van der Waals surface area contributed by atoms with Gasteiger partial charge in [-0.2, -0.15) is 0 Å². The predicted octanol–water partition coefficient (Wildman–Crippen LogP) is 3.97. The zero-order valence-corrected chi connectivity index (χ0v) is 16.7. The number of fused-ring (bicyclic) bond motifs is 1. The Labute approximate surface area is 161 Å². The van der Waals surface area contributed by atoms with Gasteiger partial charge >= 0.3 is 0 Å². The molecule has 0 saturated carbocycles. The fourth-order valence-corrected chi connectivity index (χ4v) is 3.98. The molecular formula is C22H21N3OS. The van der Waals surface area contributed by atoms with Crippen molar-refractivity contribution in [3.8, 4) is 11.4 Å². The van der Waals surface area contributed by atoms with Crippen LogP contribution in [-0.4, -0.2) is 14.6 Å². The second-order valence-electron chi connectivity index (χ2n) is 7.80. The van der Waals surface area contributed by atoms with E-state index in [1.165, 1.54) is 16.9 Å². The van der Waals surface area contributed by atoms with E-state index in [-0.39, 0.29) is 11.0 Å². The fourth-order valence-electron chi connectivity index (χ4n) is 3.06. The van der Waals surface area contributed by atoms with Crippen LogP contribution in [0, 0.1) is 6.92 Å². The molecule has 0 N–H and O–H groups in total. The summed E-state index contributed by atoms with van der Waals surface area (Å²) >= 11 is 1.37. The van der Waals surface area contributed by atoms with E-state index in [1.807, 2.05) is 37.3 Å². The van der Waals surface area contributed by atoms with Crippen molar-refractivity contribution < 1.29 is 0 Å². The quantitative estimate of drug-likeness (QED) is 0.533. The van der Waals surface area contributed by atoms with E-state index < -0.39 is 0 Å². The van der Waals surface area contributed by atoms with Crippen LogP contribution in [-0.2, 0) is 5.41 Å². The first-order chi connectivity index (χ1) is 12.8. The van der Waals surface area contributed by atoms with Crippen LogP contribution in [0.5, 0.6) is 0 Å². The highest BCUT2D eigenvalue weighted by atomic mass is 32.1. The van der Waals surface area contributed by atoms with Gasteiger partial charge < -0.3 is 0 Å². The third-order valence-corrected chi connectivity index (χ3v) is 5.56. The third kappa shape index (κ3) is 3.30. The average Bonchev–Trinajstić information content (AvgIpc) is 3.16. The van der Waals surface area contributed by atoms with Crippen LogP contribution in [0.3, 0.4) is 0 Å². The van der Waals surface area contributed by atoms with Crippen molar-refractivity contribution in [2.24, 2.45) is 0 Å². The highest BCUT2D eigenvalue weighted by Gasteiger charge is 2.15. The van der Waals surface area contributed by atoms with Gasteiger partial charge in [0, 0.05) is 5.56 Å². The molecule has 5 heteroatoms. The molecule has 4 aromatic rings. The Kier molecular flexibility index (Phi) is 4.19. The van der Waals surface area contributed by atoms with E-state index in [2.05, 4.69) is 55.2 Å². The Balaban J connectivity index is 1.81. The van der Waals surface area contributed by atoms with E-state index in [0.717, 1.165) is 16.7 Å². The Morgan fingerprint density at radius 1 is 1.04 bits per heavy atom. The lowest BCUT2D eigenvalue weighted by atomic mass is 9.87. The summed E-state index contributed by atoms with van der Waals surface area (Å²) in [6.45, 7) is 8.59. The van der Waals surface area contributed by atoms with Crippen LogP contribution in [0.1, 0.15) is 37.5 Å². The Bertz CT molecular complexity index is 1230.